The molecule has 7 heteroatoms. The van der Waals surface area contributed by atoms with Crippen molar-refractivity contribution < 1.29 is 18.0 Å². The zero-order chi connectivity index (χ0) is 13.2. The Morgan fingerprint density at radius 3 is 2.53 bits per heavy atom. The number of hydrogen-bond donors (Lipinski definition) is 0. The third-order valence-corrected chi connectivity index (χ3v) is 4.70. The third kappa shape index (κ3) is 4.44. The van der Waals surface area contributed by atoms with Crippen LogP contribution in [0.5, 0.6) is 0 Å². The van der Waals surface area contributed by atoms with Crippen molar-refractivity contribution in [2.45, 2.75) is 22.2 Å². The van der Waals surface area contributed by atoms with Crippen molar-refractivity contribution in [3.63, 3.8) is 0 Å². The van der Waals surface area contributed by atoms with Crippen molar-refractivity contribution in [3.05, 3.63) is 27.3 Å². The van der Waals surface area contributed by atoms with Crippen LogP contribution in [0.1, 0.15) is 17.3 Å². The van der Waals surface area contributed by atoms with Crippen LogP contribution in [0, 0.1) is 3.57 Å². The number of hydrogen-bond acceptors (Lipinski definition) is 2. The number of benzene rings is 1. The topological polar surface area (TPSA) is 17.1 Å². The molecule has 0 aliphatic rings. The Morgan fingerprint density at radius 1 is 1.47 bits per heavy atom. The molecular formula is C10H7BrF3IOS. The van der Waals surface area contributed by atoms with Gasteiger partial charge in [0.2, 0.25) is 0 Å². The van der Waals surface area contributed by atoms with E-state index in [1.165, 1.54) is 13.0 Å². The highest BCUT2D eigenvalue weighted by Gasteiger charge is 2.32. The SMILES string of the molecule is CC(=O)C(Br)c1c(I)cccc1SC(F)(F)F. The molecule has 1 nitrogen and oxygen atoms in total. The minimum atomic E-state index is -4.36. The zero-order valence-electron chi connectivity index (χ0n) is 8.52. The van der Waals surface area contributed by atoms with Crippen molar-refractivity contribution in [3.8, 4) is 0 Å². The summed E-state index contributed by atoms with van der Waals surface area (Å²) < 4.78 is 37.8. The van der Waals surface area contributed by atoms with Crippen molar-refractivity contribution in [2.24, 2.45) is 0 Å². The smallest absolute Gasteiger partial charge is 0.298 e. The first-order valence-electron chi connectivity index (χ1n) is 4.41. The van der Waals surface area contributed by atoms with Gasteiger partial charge in [0.15, 0.2) is 0 Å². The summed E-state index contributed by atoms with van der Waals surface area (Å²) in [6.07, 6.45) is 0. The van der Waals surface area contributed by atoms with Crippen LogP contribution in [0.4, 0.5) is 13.2 Å². The predicted octanol–water partition coefficient (Wildman–Crippen LogP) is 4.93. The first kappa shape index (κ1) is 15.3. The van der Waals surface area contributed by atoms with Crippen LogP contribution in [0.3, 0.4) is 0 Å². The Morgan fingerprint density at radius 2 is 2.06 bits per heavy atom. The maximum absolute atomic E-state index is 12.4. The average molecular weight is 439 g/mol. The van der Waals surface area contributed by atoms with Crippen molar-refractivity contribution in [2.75, 3.05) is 0 Å². The van der Waals surface area contributed by atoms with E-state index < -0.39 is 10.3 Å². The maximum atomic E-state index is 12.4. The molecule has 1 atom stereocenters. The van der Waals surface area contributed by atoms with Gasteiger partial charge in [0.1, 0.15) is 5.78 Å². The van der Waals surface area contributed by atoms with Crippen molar-refractivity contribution in [1.29, 1.82) is 0 Å². The summed E-state index contributed by atoms with van der Waals surface area (Å²) >= 11 is 4.85. The zero-order valence-corrected chi connectivity index (χ0v) is 13.1. The number of carbonyl (C=O) groups is 1. The molecule has 0 saturated carbocycles. The standard InChI is InChI=1S/C10H7BrF3IOS/c1-5(16)9(11)8-6(15)3-2-4-7(8)17-10(12,13)14/h2-4,9H,1H3. The van der Waals surface area contributed by atoms with Gasteiger partial charge in [0, 0.05) is 14.0 Å². The van der Waals surface area contributed by atoms with Crippen molar-refractivity contribution in [1.82, 2.24) is 0 Å². The van der Waals surface area contributed by atoms with Crippen LogP contribution in [-0.4, -0.2) is 11.3 Å². The van der Waals surface area contributed by atoms with E-state index in [0.29, 0.717) is 9.13 Å². The van der Waals surface area contributed by atoms with Gasteiger partial charge in [-0.2, -0.15) is 13.2 Å². The lowest BCUT2D eigenvalue weighted by Gasteiger charge is -2.15. The molecule has 0 saturated heterocycles. The third-order valence-electron chi connectivity index (χ3n) is 1.85. The van der Waals surface area contributed by atoms with E-state index in [1.54, 1.807) is 12.1 Å². The maximum Gasteiger partial charge on any atom is 0.446 e. The van der Waals surface area contributed by atoms with E-state index >= 15 is 0 Å². The number of thioether (sulfide) groups is 1. The molecule has 0 aliphatic heterocycles. The molecule has 0 bridgehead atoms. The van der Waals surface area contributed by atoms with E-state index in [2.05, 4.69) is 15.9 Å². The Hall–Kier alpha value is 0.240. The van der Waals surface area contributed by atoms with Crippen LogP contribution < -0.4 is 0 Å². The lowest BCUT2D eigenvalue weighted by atomic mass is 10.1. The molecule has 1 rings (SSSR count). The molecule has 1 unspecified atom stereocenters. The van der Waals surface area contributed by atoms with E-state index in [9.17, 15) is 18.0 Å². The molecule has 17 heavy (non-hydrogen) atoms. The van der Waals surface area contributed by atoms with E-state index in [-0.39, 0.29) is 22.4 Å². The number of carbonyl (C=O) groups excluding carboxylic acids is 1. The van der Waals surface area contributed by atoms with Crippen LogP contribution in [0.25, 0.3) is 0 Å². The molecular weight excluding hydrogens is 432 g/mol. The number of Topliss-reactive ketones (excluding diaryl/α,β-unsaturated/α-hetero) is 1. The van der Waals surface area contributed by atoms with Crippen LogP contribution >= 0.6 is 50.3 Å². The fourth-order valence-electron chi connectivity index (χ4n) is 1.18. The molecule has 1 aromatic rings. The Labute approximate surface area is 123 Å². The Bertz CT molecular complexity index is 436. The van der Waals surface area contributed by atoms with E-state index in [0.717, 1.165) is 0 Å². The molecule has 0 fully saturated rings. The van der Waals surface area contributed by atoms with Gasteiger partial charge in [0.05, 0.1) is 4.83 Å². The Kier molecular flexibility index (Phi) is 5.33. The fourth-order valence-corrected chi connectivity index (χ4v) is 3.98. The molecule has 0 aliphatic carbocycles. The molecule has 94 valence electrons. The van der Waals surface area contributed by atoms with Gasteiger partial charge in [-0.1, -0.05) is 22.0 Å². The number of alkyl halides is 4. The minimum Gasteiger partial charge on any atom is -0.298 e. The number of ketones is 1. The fraction of sp³-hybridized carbons (Fsp3) is 0.300. The second kappa shape index (κ2) is 5.92. The number of halogens is 5. The van der Waals surface area contributed by atoms with Gasteiger partial charge in [-0.3, -0.25) is 4.79 Å². The summed E-state index contributed by atoms with van der Waals surface area (Å²) in [7, 11) is 0. The summed E-state index contributed by atoms with van der Waals surface area (Å²) in [5, 5.41) is 0. The summed E-state index contributed by atoms with van der Waals surface area (Å²) in [5.41, 5.74) is -3.98. The lowest BCUT2D eigenvalue weighted by molar-refractivity contribution is -0.116. The Balaban J connectivity index is 3.22. The summed E-state index contributed by atoms with van der Waals surface area (Å²) in [6.45, 7) is 1.34. The number of rotatable bonds is 3. The average Bonchev–Trinajstić information content (AvgIpc) is 2.14. The van der Waals surface area contributed by atoms with Crippen LogP contribution in [0.2, 0.25) is 0 Å². The summed E-state index contributed by atoms with van der Waals surface area (Å²) in [5.74, 6) is -0.224. The van der Waals surface area contributed by atoms with Crippen molar-refractivity contribution >= 4 is 56.1 Å². The molecule has 0 N–H and O–H groups in total. The first-order chi connectivity index (χ1) is 7.72. The van der Waals surface area contributed by atoms with Gasteiger partial charge in [-0.25, -0.2) is 0 Å². The summed E-state index contributed by atoms with van der Waals surface area (Å²) in [6, 6.07) is 4.58. The summed E-state index contributed by atoms with van der Waals surface area (Å²) in [4.78, 5) is 10.6. The highest BCUT2D eigenvalue weighted by Crippen LogP contribution is 2.43. The molecule has 0 spiro atoms. The molecule has 0 heterocycles. The molecule has 0 amide bonds. The van der Waals surface area contributed by atoms with Gasteiger partial charge >= 0.3 is 5.51 Å². The highest BCUT2D eigenvalue weighted by molar-refractivity contribution is 14.1. The lowest BCUT2D eigenvalue weighted by Crippen LogP contribution is -2.07. The van der Waals surface area contributed by atoms with Gasteiger partial charge in [0.25, 0.3) is 0 Å². The van der Waals surface area contributed by atoms with Gasteiger partial charge in [-0.15, -0.1) is 0 Å². The molecule has 0 aromatic heterocycles. The first-order valence-corrected chi connectivity index (χ1v) is 7.22. The largest absolute Gasteiger partial charge is 0.446 e. The highest BCUT2D eigenvalue weighted by atomic mass is 127. The van der Waals surface area contributed by atoms with E-state index in [1.807, 2.05) is 22.6 Å². The second-order valence-electron chi connectivity index (χ2n) is 3.17. The normalized spacial score (nSPS) is 13.5. The minimum absolute atomic E-state index is 0.0569. The quantitative estimate of drug-likeness (QED) is 0.378. The van der Waals surface area contributed by atoms with Crippen LogP contribution in [-0.2, 0) is 4.79 Å². The molecule has 1 aromatic carbocycles. The van der Waals surface area contributed by atoms with Gasteiger partial charge in [-0.05, 0) is 53.4 Å². The monoisotopic (exact) mass is 438 g/mol. The molecule has 0 radical (unpaired) electrons. The predicted molar refractivity (Wildman–Crippen MR) is 73.4 cm³/mol. The second-order valence-corrected chi connectivity index (χ2v) is 6.36. The van der Waals surface area contributed by atoms with Gasteiger partial charge < -0.3 is 0 Å². The van der Waals surface area contributed by atoms with E-state index in [4.69, 9.17) is 0 Å². The van der Waals surface area contributed by atoms with Crippen LogP contribution in [0.15, 0.2) is 23.1 Å².